The van der Waals surface area contributed by atoms with Gasteiger partial charge in [0.25, 0.3) is 5.91 Å². The molecule has 0 unspecified atom stereocenters. The molecule has 150 valence electrons. The van der Waals surface area contributed by atoms with Crippen molar-refractivity contribution in [2.75, 3.05) is 11.9 Å². The van der Waals surface area contributed by atoms with E-state index in [4.69, 9.17) is 4.74 Å². The Labute approximate surface area is 177 Å². The number of nitrogens with one attached hydrogen (secondary N) is 2. The molecule has 0 fully saturated rings. The standard InChI is InChI=1S/C22H22BrN3O3/c1-13(2)17-6-4-5-14(3)21(17)24-20(27)12-29-22(28)19-11-18(25-26-19)15-7-9-16(23)10-8-15/h4-11,13H,12H2,1-3H3,(H,24,27)(H,25,26). The molecular weight excluding hydrogens is 434 g/mol. The van der Waals surface area contributed by atoms with E-state index in [1.54, 1.807) is 6.07 Å². The van der Waals surface area contributed by atoms with Gasteiger partial charge in [-0.1, -0.05) is 60.1 Å². The van der Waals surface area contributed by atoms with Crippen LogP contribution in [0.15, 0.2) is 53.0 Å². The van der Waals surface area contributed by atoms with E-state index < -0.39 is 5.97 Å². The Balaban J connectivity index is 1.61. The predicted octanol–water partition coefficient (Wildman–Crippen LogP) is 5.07. The first-order chi connectivity index (χ1) is 13.8. The molecule has 2 aromatic carbocycles. The molecule has 29 heavy (non-hydrogen) atoms. The van der Waals surface area contributed by atoms with E-state index in [0.29, 0.717) is 5.69 Å². The minimum Gasteiger partial charge on any atom is -0.451 e. The fraction of sp³-hybridized carbons (Fsp3) is 0.227. The number of carbonyl (C=O) groups is 2. The Hall–Kier alpha value is -2.93. The number of aromatic amines is 1. The van der Waals surface area contributed by atoms with Gasteiger partial charge in [-0.15, -0.1) is 0 Å². The fourth-order valence-corrected chi connectivity index (χ4v) is 3.19. The summed E-state index contributed by atoms with van der Waals surface area (Å²) in [6.07, 6.45) is 0. The topological polar surface area (TPSA) is 84.1 Å². The van der Waals surface area contributed by atoms with Crippen molar-refractivity contribution in [1.82, 2.24) is 10.2 Å². The van der Waals surface area contributed by atoms with Crippen molar-refractivity contribution in [3.05, 3.63) is 69.8 Å². The van der Waals surface area contributed by atoms with E-state index in [9.17, 15) is 9.59 Å². The van der Waals surface area contributed by atoms with E-state index in [1.165, 1.54) is 0 Å². The number of esters is 1. The first-order valence-corrected chi connectivity index (χ1v) is 10.0. The maximum absolute atomic E-state index is 12.3. The minimum absolute atomic E-state index is 0.189. The van der Waals surface area contributed by atoms with Crippen molar-refractivity contribution in [2.45, 2.75) is 26.7 Å². The number of hydrogen-bond donors (Lipinski definition) is 2. The summed E-state index contributed by atoms with van der Waals surface area (Å²) in [6.45, 7) is 5.68. The molecule has 3 aromatic rings. The second-order valence-electron chi connectivity index (χ2n) is 6.99. The molecule has 0 saturated heterocycles. The summed E-state index contributed by atoms with van der Waals surface area (Å²) in [5.74, 6) is -0.762. The van der Waals surface area contributed by atoms with Gasteiger partial charge >= 0.3 is 5.97 Å². The molecule has 2 N–H and O–H groups in total. The van der Waals surface area contributed by atoms with Crippen LogP contribution in [0.1, 0.15) is 41.4 Å². The number of rotatable bonds is 6. The van der Waals surface area contributed by atoms with Crippen molar-refractivity contribution >= 4 is 33.5 Å². The molecule has 6 nitrogen and oxygen atoms in total. The van der Waals surface area contributed by atoms with Crippen LogP contribution in [0.2, 0.25) is 0 Å². The third-order valence-electron chi connectivity index (χ3n) is 4.46. The monoisotopic (exact) mass is 455 g/mol. The van der Waals surface area contributed by atoms with Crippen LogP contribution < -0.4 is 5.32 Å². The summed E-state index contributed by atoms with van der Waals surface area (Å²) in [7, 11) is 0. The molecule has 1 amide bonds. The van der Waals surface area contributed by atoms with Crippen LogP contribution >= 0.6 is 15.9 Å². The lowest BCUT2D eigenvalue weighted by molar-refractivity contribution is -0.119. The van der Waals surface area contributed by atoms with Crippen LogP contribution in [0, 0.1) is 6.92 Å². The average Bonchev–Trinajstić information content (AvgIpc) is 3.18. The Bertz CT molecular complexity index is 1030. The minimum atomic E-state index is -0.634. The van der Waals surface area contributed by atoms with Crippen molar-refractivity contribution < 1.29 is 14.3 Å². The molecule has 3 rings (SSSR count). The van der Waals surface area contributed by atoms with Gasteiger partial charge in [0.05, 0.1) is 5.69 Å². The average molecular weight is 456 g/mol. The number of aryl methyl sites for hydroxylation is 1. The maximum Gasteiger partial charge on any atom is 0.356 e. The highest BCUT2D eigenvalue weighted by Crippen LogP contribution is 2.27. The molecule has 0 spiro atoms. The number of H-pyrrole nitrogens is 1. The molecule has 0 saturated carbocycles. The van der Waals surface area contributed by atoms with Crippen LogP contribution in [0.3, 0.4) is 0 Å². The van der Waals surface area contributed by atoms with Gasteiger partial charge in [0.2, 0.25) is 0 Å². The molecule has 0 aliphatic rings. The van der Waals surface area contributed by atoms with Gasteiger partial charge in [0, 0.05) is 15.7 Å². The van der Waals surface area contributed by atoms with Gasteiger partial charge in [0.1, 0.15) is 5.69 Å². The maximum atomic E-state index is 12.3. The summed E-state index contributed by atoms with van der Waals surface area (Å²) in [6, 6.07) is 15.0. The number of ether oxygens (including phenoxy) is 1. The van der Waals surface area contributed by atoms with Gasteiger partial charge < -0.3 is 10.1 Å². The molecular formula is C22H22BrN3O3. The second-order valence-corrected chi connectivity index (χ2v) is 7.91. The third-order valence-corrected chi connectivity index (χ3v) is 4.99. The SMILES string of the molecule is Cc1cccc(C(C)C)c1NC(=O)COC(=O)c1cc(-c2ccc(Br)cc2)n[nH]1. The molecule has 7 heteroatoms. The van der Waals surface area contributed by atoms with Gasteiger partial charge in [-0.05, 0) is 42.2 Å². The van der Waals surface area contributed by atoms with Crippen LogP contribution in [0.25, 0.3) is 11.3 Å². The van der Waals surface area contributed by atoms with E-state index in [0.717, 1.165) is 26.9 Å². The van der Waals surface area contributed by atoms with Crippen LogP contribution in [0.4, 0.5) is 5.69 Å². The van der Waals surface area contributed by atoms with E-state index >= 15 is 0 Å². The van der Waals surface area contributed by atoms with Crippen molar-refractivity contribution in [3.8, 4) is 11.3 Å². The normalized spacial score (nSPS) is 10.8. The van der Waals surface area contributed by atoms with Crippen molar-refractivity contribution in [2.24, 2.45) is 0 Å². The summed E-state index contributed by atoms with van der Waals surface area (Å²) >= 11 is 3.38. The van der Waals surface area contributed by atoms with Crippen LogP contribution in [-0.2, 0) is 9.53 Å². The van der Waals surface area contributed by atoms with Crippen molar-refractivity contribution in [3.63, 3.8) is 0 Å². The lowest BCUT2D eigenvalue weighted by Crippen LogP contribution is -2.22. The predicted molar refractivity (Wildman–Crippen MR) is 116 cm³/mol. The first-order valence-electron chi connectivity index (χ1n) is 9.23. The fourth-order valence-electron chi connectivity index (χ4n) is 2.92. The van der Waals surface area contributed by atoms with E-state index in [2.05, 4.69) is 45.3 Å². The van der Waals surface area contributed by atoms with E-state index in [-0.39, 0.29) is 24.1 Å². The molecule has 0 aliphatic carbocycles. The smallest absolute Gasteiger partial charge is 0.356 e. The van der Waals surface area contributed by atoms with Crippen LogP contribution in [0.5, 0.6) is 0 Å². The molecule has 0 aliphatic heterocycles. The zero-order valence-corrected chi connectivity index (χ0v) is 18.0. The summed E-state index contributed by atoms with van der Waals surface area (Å²) in [4.78, 5) is 24.6. The number of hydrogen-bond acceptors (Lipinski definition) is 4. The zero-order chi connectivity index (χ0) is 21.0. The number of halogens is 1. The Morgan fingerprint density at radius 3 is 2.59 bits per heavy atom. The Morgan fingerprint density at radius 2 is 1.90 bits per heavy atom. The summed E-state index contributed by atoms with van der Waals surface area (Å²) in [5, 5.41) is 9.65. The lowest BCUT2D eigenvalue weighted by atomic mass is 9.98. The molecule has 1 heterocycles. The lowest BCUT2D eigenvalue weighted by Gasteiger charge is -2.16. The highest BCUT2D eigenvalue weighted by Gasteiger charge is 2.16. The second kappa shape index (κ2) is 9.05. The quantitative estimate of drug-likeness (QED) is 0.508. The molecule has 0 bridgehead atoms. The summed E-state index contributed by atoms with van der Waals surface area (Å²) in [5.41, 5.74) is 4.44. The van der Waals surface area contributed by atoms with Crippen LogP contribution in [-0.4, -0.2) is 28.7 Å². The number of nitrogens with zero attached hydrogens (tertiary/aromatic N) is 1. The molecule has 0 atom stereocenters. The molecule has 0 radical (unpaired) electrons. The highest BCUT2D eigenvalue weighted by molar-refractivity contribution is 9.10. The number of amides is 1. The number of para-hydroxylation sites is 1. The summed E-state index contributed by atoms with van der Waals surface area (Å²) < 4.78 is 6.10. The Kier molecular flexibility index (Phi) is 6.49. The van der Waals surface area contributed by atoms with Gasteiger partial charge in [-0.2, -0.15) is 5.10 Å². The van der Waals surface area contributed by atoms with Gasteiger partial charge in [-0.25, -0.2) is 4.79 Å². The van der Waals surface area contributed by atoms with Crippen molar-refractivity contribution in [1.29, 1.82) is 0 Å². The zero-order valence-electron chi connectivity index (χ0n) is 16.5. The Morgan fingerprint density at radius 1 is 1.17 bits per heavy atom. The highest BCUT2D eigenvalue weighted by atomic mass is 79.9. The van der Waals surface area contributed by atoms with Gasteiger partial charge in [-0.3, -0.25) is 9.89 Å². The number of benzene rings is 2. The number of anilines is 1. The largest absolute Gasteiger partial charge is 0.451 e. The number of aromatic nitrogens is 2. The van der Waals surface area contributed by atoms with E-state index in [1.807, 2.05) is 49.4 Å². The van der Waals surface area contributed by atoms with Gasteiger partial charge in [0.15, 0.2) is 6.61 Å². The third kappa shape index (κ3) is 5.12. The molecule has 1 aromatic heterocycles. The number of carbonyl (C=O) groups excluding carboxylic acids is 2. The first kappa shape index (κ1) is 20.8.